The summed E-state index contributed by atoms with van der Waals surface area (Å²) in [5.74, 6) is 0.522. The van der Waals surface area contributed by atoms with Crippen LogP contribution in [0.2, 0.25) is 0 Å². The van der Waals surface area contributed by atoms with Gasteiger partial charge >= 0.3 is 0 Å². The van der Waals surface area contributed by atoms with E-state index in [1.807, 2.05) is 7.05 Å². The van der Waals surface area contributed by atoms with Crippen molar-refractivity contribution in [3.05, 3.63) is 0 Å². The number of ether oxygens (including phenoxy) is 1. The number of carbonyl (C=O) groups is 1. The van der Waals surface area contributed by atoms with E-state index >= 15 is 0 Å². The first kappa shape index (κ1) is 17.7. The van der Waals surface area contributed by atoms with Crippen LogP contribution in [-0.4, -0.2) is 82.3 Å². The highest BCUT2D eigenvalue weighted by Gasteiger charge is 2.43. The van der Waals surface area contributed by atoms with Crippen LogP contribution in [0.5, 0.6) is 0 Å². The fourth-order valence-electron chi connectivity index (χ4n) is 3.69. The maximum absolute atomic E-state index is 12.5. The molecule has 2 aliphatic heterocycles. The molecule has 0 radical (unpaired) electrons. The third-order valence-corrected chi connectivity index (χ3v) is 6.83. The van der Waals surface area contributed by atoms with Crippen LogP contribution in [0.25, 0.3) is 0 Å². The largest absolute Gasteiger partial charge is 0.384 e. The number of likely N-dealkylation sites (tertiary alicyclic amines) is 1. The number of methoxy groups -OCH3 is 1. The molecular formula is C14H27N3O4S. The van der Waals surface area contributed by atoms with Gasteiger partial charge in [0.1, 0.15) is 0 Å². The number of amides is 1. The quantitative estimate of drug-likeness (QED) is 0.718. The summed E-state index contributed by atoms with van der Waals surface area (Å²) in [5.41, 5.74) is 0. The van der Waals surface area contributed by atoms with Crippen molar-refractivity contribution in [2.75, 3.05) is 54.5 Å². The third-order valence-electron chi connectivity index (χ3n) is 4.89. The first-order valence-electron chi connectivity index (χ1n) is 7.70. The fourth-order valence-corrected chi connectivity index (χ4v) is 4.82. The average Bonchev–Trinajstić information content (AvgIpc) is 2.68. The number of hydrogen-bond acceptors (Lipinski definition) is 4. The maximum Gasteiger partial charge on any atom is 0.281 e. The Kier molecular flexibility index (Phi) is 5.47. The molecule has 0 bridgehead atoms. The molecule has 128 valence electrons. The van der Waals surface area contributed by atoms with Gasteiger partial charge in [0, 0.05) is 59.7 Å². The van der Waals surface area contributed by atoms with Gasteiger partial charge in [-0.3, -0.25) is 4.79 Å². The lowest BCUT2D eigenvalue weighted by Crippen LogP contribution is -2.49. The van der Waals surface area contributed by atoms with E-state index < -0.39 is 10.2 Å². The van der Waals surface area contributed by atoms with E-state index in [0.29, 0.717) is 39.1 Å². The highest BCUT2D eigenvalue weighted by atomic mass is 32.2. The van der Waals surface area contributed by atoms with Gasteiger partial charge in [0.2, 0.25) is 5.91 Å². The number of piperidine rings is 1. The Hall–Kier alpha value is -0.700. The van der Waals surface area contributed by atoms with Crippen LogP contribution in [0.1, 0.15) is 12.8 Å². The summed E-state index contributed by atoms with van der Waals surface area (Å²) < 4.78 is 32.7. The van der Waals surface area contributed by atoms with Gasteiger partial charge in [-0.1, -0.05) is 0 Å². The minimum atomic E-state index is -3.42. The van der Waals surface area contributed by atoms with Crippen LogP contribution >= 0.6 is 0 Å². The van der Waals surface area contributed by atoms with Gasteiger partial charge in [-0.2, -0.15) is 17.0 Å². The Morgan fingerprint density at radius 3 is 2.50 bits per heavy atom. The molecule has 0 saturated carbocycles. The summed E-state index contributed by atoms with van der Waals surface area (Å²) in [6.07, 6.45) is 1.30. The van der Waals surface area contributed by atoms with Crippen molar-refractivity contribution in [1.29, 1.82) is 0 Å². The van der Waals surface area contributed by atoms with Crippen molar-refractivity contribution in [2.24, 2.45) is 17.8 Å². The SMILES string of the molecule is COC[C@@H]1CN(C)C(=O)[C@H]2CCN(S(=O)(=O)N(C)C)CC[C@@H]12. The van der Waals surface area contributed by atoms with Crippen molar-refractivity contribution in [3.63, 3.8) is 0 Å². The fraction of sp³-hybridized carbons (Fsp3) is 0.929. The van der Waals surface area contributed by atoms with Crippen molar-refractivity contribution in [1.82, 2.24) is 13.5 Å². The Morgan fingerprint density at radius 1 is 1.27 bits per heavy atom. The van der Waals surface area contributed by atoms with Gasteiger partial charge in [0.25, 0.3) is 10.2 Å². The third kappa shape index (κ3) is 3.29. The zero-order chi connectivity index (χ0) is 16.5. The van der Waals surface area contributed by atoms with Crippen molar-refractivity contribution in [2.45, 2.75) is 12.8 Å². The van der Waals surface area contributed by atoms with Gasteiger partial charge in [-0.05, 0) is 18.8 Å². The predicted molar refractivity (Wildman–Crippen MR) is 83.4 cm³/mol. The predicted octanol–water partition coefficient (Wildman–Crippen LogP) is -0.144. The lowest BCUT2D eigenvalue weighted by molar-refractivity contribution is -0.143. The number of carbonyl (C=O) groups excluding carboxylic acids is 1. The summed E-state index contributed by atoms with van der Waals surface area (Å²) in [7, 11) is 3.16. The van der Waals surface area contributed by atoms with E-state index in [1.54, 1.807) is 26.1 Å². The number of rotatable bonds is 4. The molecule has 22 heavy (non-hydrogen) atoms. The van der Waals surface area contributed by atoms with Crippen LogP contribution < -0.4 is 0 Å². The number of nitrogens with zero attached hydrogens (tertiary/aromatic N) is 3. The van der Waals surface area contributed by atoms with Crippen LogP contribution in [0.4, 0.5) is 0 Å². The highest BCUT2D eigenvalue weighted by molar-refractivity contribution is 7.86. The van der Waals surface area contributed by atoms with E-state index in [1.165, 1.54) is 8.61 Å². The summed E-state index contributed by atoms with van der Waals surface area (Å²) in [5, 5.41) is 0. The Labute approximate surface area is 133 Å². The zero-order valence-corrected chi connectivity index (χ0v) is 14.7. The molecule has 2 saturated heterocycles. The summed E-state index contributed by atoms with van der Waals surface area (Å²) in [4.78, 5) is 14.2. The Balaban J connectivity index is 2.19. The molecular weight excluding hydrogens is 306 g/mol. The summed E-state index contributed by atoms with van der Waals surface area (Å²) in [6, 6.07) is 0. The monoisotopic (exact) mass is 333 g/mol. The second-order valence-electron chi connectivity index (χ2n) is 6.47. The zero-order valence-electron chi connectivity index (χ0n) is 13.9. The average molecular weight is 333 g/mol. The maximum atomic E-state index is 12.5. The van der Waals surface area contributed by atoms with Crippen molar-refractivity contribution < 1.29 is 17.9 Å². The lowest BCUT2D eigenvalue weighted by Gasteiger charge is -2.40. The molecule has 0 aromatic rings. The smallest absolute Gasteiger partial charge is 0.281 e. The van der Waals surface area contributed by atoms with E-state index in [4.69, 9.17) is 4.74 Å². The van der Waals surface area contributed by atoms with Gasteiger partial charge in [0.15, 0.2) is 0 Å². The summed E-state index contributed by atoms with van der Waals surface area (Å²) in [6.45, 7) is 2.17. The van der Waals surface area contributed by atoms with E-state index in [9.17, 15) is 13.2 Å². The van der Waals surface area contributed by atoms with E-state index in [2.05, 4.69) is 0 Å². The molecule has 0 aliphatic carbocycles. The van der Waals surface area contributed by atoms with Gasteiger partial charge in [0.05, 0.1) is 6.61 Å². The van der Waals surface area contributed by atoms with Crippen LogP contribution in [0.3, 0.4) is 0 Å². The molecule has 2 aliphatic rings. The second-order valence-corrected chi connectivity index (χ2v) is 8.61. The molecule has 2 heterocycles. The van der Waals surface area contributed by atoms with Crippen molar-refractivity contribution >= 4 is 16.1 Å². The molecule has 1 amide bonds. The van der Waals surface area contributed by atoms with Crippen LogP contribution in [0, 0.1) is 17.8 Å². The highest BCUT2D eigenvalue weighted by Crippen LogP contribution is 2.36. The van der Waals surface area contributed by atoms with Crippen molar-refractivity contribution in [3.8, 4) is 0 Å². The van der Waals surface area contributed by atoms with E-state index in [0.717, 1.165) is 0 Å². The van der Waals surface area contributed by atoms with Gasteiger partial charge in [-0.15, -0.1) is 0 Å². The second kappa shape index (κ2) is 6.82. The first-order valence-corrected chi connectivity index (χ1v) is 9.10. The minimum Gasteiger partial charge on any atom is -0.384 e. The van der Waals surface area contributed by atoms with Crippen LogP contribution in [-0.2, 0) is 19.7 Å². The molecule has 7 nitrogen and oxygen atoms in total. The topological polar surface area (TPSA) is 70.2 Å². The van der Waals surface area contributed by atoms with E-state index in [-0.39, 0.29) is 23.7 Å². The van der Waals surface area contributed by atoms with Gasteiger partial charge < -0.3 is 9.64 Å². The summed E-state index contributed by atoms with van der Waals surface area (Å²) >= 11 is 0. The normalized spacial score (nSPS) is 31.2. The van der Waals surface area contributed by atoms with Gasteiger partial charge in [-0.25, -0.2) is 0 Å². The minimum absolute atomic E-state index is 0.0961. The molecule has 2 rings (SSSR count). The molecule has 2 fully saturated rings. The Bertz CT molecular complexity index is 508. The standard InChI is InChI=1S/C14H27N3O4S/c1-15(2)22(19,20)17-7-5-12-11(10-21-4)9-16(3)14(18)13(12)6-8-17/h11-13H,5-10H2,1-4H3/t11-,12-,13-/m0/s1. The number of hydrogen-bond donors (Lipinski definition) is 0. The molecule has 3 atom stereocenters. The Morgan fingerprint density at radius 2 is 1.91 bits per heavy atom. The number of fused-ring (bicyclic) bond motifs is 1. The molecule has 0 aromatic heterocycles. The molecule has 0 aromatic carbocycles. The van der Waals surface area contributed by atoms with Crippen LogP contribution in [0.15, 0.2) is 0 Å². The molecule has 0 N–H and O–H groups in total. The first-order chi connectivity index (χ1) is 10.3. The lowest BCUT2D eigenvalue weighted by atomic mass is 9.75. The molecule has 8 heteroatoms. The molecule has 0 unspecified atom stereocenters. The molecule has 0 spiro atoms.